The highest BCUT2D eigenvalue weighted by molar-refractivity contribution is 5.76. The second kappa shape index (κ2) is 8.10. The first kappa shape index (κ1) is 15.9. The molecule has 1 aromatic rings. The minimum Gasteiger partial charge on any atom is -0.388 e. The van der Waals surface area contributed by atoms with Crippen LogP contribution in [0.3, 0.4) is 0 Å². The molecule has 1 heterocycles. The van der Waals surface area contributed by atoms with Crippen LogP contribution in [0, 0.1) is 5.82 Å². The Morgan fingerprint density at radius 2 is 2.33 bits per heavy atom. The van der Waals surface area contributed by atoms with Crippen molar-refractivity contribution in [2.45, 2.75) is 44.3 Å². The van der Waals surface area contributed by atoms with Crippen molar-refractivity contribution >= 4 is 5.91 Å². The number of carbonyl (C=O) groups excluding carboxylic acids is 1. The highest BCUT2D eigenvalue weighted by Gasteiger charge is 2.16. The first-order valence-electron chi connectivity index (χ1n) is 7.47. The van der Waals surface area contributed by atoms with Gasteiger partial charge in [0.2, 0.25) is 5.91 Å². The van der Waals surface area contributed by atoms with Gasteiger partial charge in [-0.1, -0.05) is 12.1 Å². The van der Waals surface area contributed by atoms with Crippen molar-refractivity contribution in [1.29, 1.82) is 0 Å². The molecule has 1 fully saturated rings. The minimum atomic E-state index is -0.980. The maximum Gasteiger partial charge on any atom is 0.222 e. The zero-order valence-electron chi connectivity index (χ0n) is 12.1. The topological polar surface area (TPSA) is 58.6 Å². The molecule has 2 N–H and O–H groups in total. The fraction of sp³-hybridized carbons (Fsp3) is 0.562. The number of nitrogens with one attached hydrogen (secondary N) is 1. The van der Waals surface area contributed by atoms with Crippen LogP contribution in [0.2, 0.25) is 0 Å². The minimum absolute atomic E-state index is 0.0605. The predicted molar refractivity (Wildman–Crippen MR) is 77.2 cm³/mol. The van der Waals surface area contributed by atoms with E-state index in [2.05, 4.69) is 5.32 Å². The molecule has 0 saturated carbocycles. The van der Waals surface area contributed by atoms with Crippen LogP contribution in [0.5, 0.6) is 0 Å². The van der Waals surface area contributed by atoms with E-state index in [1.54, 1.807) is 6.07 Å². The number of ether oxygens (including phenoxy) is 1. The molecule has 0 aromatic heterocycles. The number of halogens is 1. The van der Waals surface area contributed by atoms with Crippen molar-refractivity contribution in [2.75, 3.05) is 13.2 Å². The van der Waals surface area contributed by atoms with Crippen molar-refractivity contribution in [3.8, 4) is 0 Å². The van der Waals surface area contributed by atoms with E-state index in [0.29, 0.717) is 12.1 Å². The first-order chi connectivity index (χ1) is 10.1. The molecule has 0 bridgehead atoms. The Labute approximate surface area is 124 Å². The Morgan fingerprint density at radius 1 is 1.48 bits per heavy atom. The number of rotatable bonds is 6. The van der Waals surface area contributed by atoms with Crippen LogP contribution >= 0.6 is 0 Å². The molecular weight excluding hydrogens is 273 g/mol. The molecular formula is C16H22FNO3. The molecule has 2 atom stereocenters. The van der Waals surface area contributed by atoms with E-state index in [-0.39, 0.29) is 18.4 Å². The lowest BCUT2D eigenvalue weighted by atomic mass is 10.1. The Bertz CT molecular complexity index is 461. The van der Waals surface area contributed by atoms with Gasteiger partial charge in [0.1, 0.15) is 5.82 Å². The molecule has 2 rings (SSSR count). The Hall–Kier alpha value is -1.46. The molecule has 0 radical (unpaired) electrons. The molecule has 1 aliphatic heterocycles. The summed E-state index contributed by atoms with van der Waals surface area (Å²) in [7, 11) is 0. The van der Waals surface area contributed by atoms with E-state index >= 15 is 0 Å². The highest BCUT2D eigenvalue weighted by Crippen LogP contribution is 2.18. The Balaban J connectivity index is 1.69. The molecule has 1 amide bonds. The number of hydrogen-bond acceptors (Lipinski definition) is 3. The van der Waals surface area contributed by atoms with E-state index in [0.717, 1.165) is 25.9 Å². The van der Waals surface area contributed by atoms with E-state index in [1.165, 1.54) is 24.6 Å². The number of aliphatic hydroxyl groups excluding tert-OH is 1. The average Bonchev–Trinajstić information content (AvgIpc) is 2.48. The van der Waals surface area contributed by atoms with E-state index in [9.17, 15) is 14.3 Å². The van der Waals surface area contributed by atoms with Gasteiger partial charge in [-0.2, -0.15) is 0 Å². The van der Waals surface area contributed by atoms with Crippen LogP contribution in [-0.2, 0) is 9.53 Å². The van der Waals surface area contributed by atoms with Gasteiger partial charge in [0, 0.05) is 13.2 Å². The van der Waals surface area contributed by atoms with Crippen LogP contribution in [0.15, 0.2) is 24.3 Å². The lowest BCUT2D eigenvalue weighted by molar-refractivity contribution is -0.123. The zero-order valence-corrected chi connectivity index (χ0v) is 12.1. The SMILES string of the molecule is O=C(C[C@H](O)c1cccc(F)c1)NCC[C@H]1CCCCO1. The smallest absolute Gasteiger partial charge is 0.222 e. The molecule has 0 aliphatic carbocycles. The van der Waals surface area contributed by atoms with Gasteiger partial charge >= 0.3 is 0 Å². The van der Waals surface area contributed by atoms with Gasteiger partial charge in [0.25, 0.3) is 0 Å². The van der Waals surface area contributed by atoms with Crippen LogP contribution in [-0.4, -0.2) is 30.3 Å². The quantitative estimate of drug-likeness (QED) is 0.847. The second-order valence-corrected chi connectivity index (χ2v) is 5.40. The lowest BCUT2D eigenvalue weighted by Gasteiger charge is -2.22. The zero-order chi connectivity index (χ0) is 15.1. The molecule has 5 heteroatoms. The van der Waals surface area contributed by atoms with Crippen LogP contribution < -0.4 is 5.32 Å². The molecule has 4 nitrogen and oxygen atoms in total. The molecule has 0 spiro atoms. The summed E-state index contributed by atoms with van der Waals surface area (Å²) in [5, 5.41) is 12.7. The summed E-state index contributed by atoms with van der Waals surface area (Å²) in [5.74, 6) is -0.649. The molecule has 1 aromatic carbocycles. The van der Waals surface area contributed by atoms with Gasteiger partial charge < -0.3 is 15.2 Å². The Kier molecular flexibility index (Phi) is 6.14. The van der Waals surface area contributed by atoms with Crippen molar-refractivity contribution in [1.82, 2.24) is 5.32 Å². The van der Waals surface area contributed by atoms with Gasteiger partial charge in [-0.15, -0.1) is 0 Å². The summed E-state index contributed by atoms with van der Waals surface area (Å²) >= 11 is 0. The second-order valence-electron chi connectivity index (χ2n) is 5.40. The largest absolute Gasteiger partial charge is 0.388 e. The van der Waals surface area contributed by atoms with Crippen molar-refractivity contribution < 1.29 is 19.0 Å². The monoisotopic (exact) mass is 295 g/mol. The van der Waals surface area contributed by atoms with Gasteiger partial charge in [0.15, 0.2) is 0 Å². The summed E-state index contributed by atoms with van der Waals surface area (Å²) in [4.78, 5) is 11.7. The predicted octanol–water partition coefficient (Wildman–Crippen LogP) is 2.32. The summed E-state index contributed by atoms with van der Waals surface area (Å²) in [5.41, 5.74) is 0.417. The number of amides is 1. The molecule has 21 heavy (non-hydrogen) atoms. The average molecular weight is 295 g/mol. The Morgan fingerprint density at radius 3 is 3.05 bits per heavy atom. The third-order valence-corrected chi connectivity index (χ3v) is 3.67. The van der Waals surface area contributed by atoms with Crippen LogP contribution in [0.4, 0.5) is 4.39 Å². The third kappa shape index (κ3) is 5.44. The summed E-state index contributed by atoms with van der Waals surface area (Å²) in [6, 6.07) is 5.68. The summed E-state index contributed by atoms with van der Waals surface area (Å²) in [6.07, 6.45) is 3.32. The lowest BCUT2D eigenvalue weighted by Crippen LogP contribution is -2.30. The van der Waals surface area contributed by atoms with E-state index in [1.807, 2.05) is 0 Å². The molecule has 1 aliphatic rings. The molecule has 0 unspecified atom stereocenters. The van der Waals surface area contributed by atoms with E-state index in [4.69, 9.17) is 4.74 Å². The van der Waals surface area contributed by atoms with Gasteiger partial charge in [0.05, 0.1) is 18.6 Å². The number of hydrogen-bond donors (Lipinski definition) is 2. The fourth-order valence-electron chi connectivity index (χ4n) is 2.49. The normalized spacial score (nSPS) is 20.0. The highest BCUT2D eigenvalue weighted by atomic mass is 19.1. The molecule has 116 valence electrons. The third-order valence-electron chi connectivity index (χ3n) is 3.67. The van der Waals surface area contributed by atoms with Gasteiger partial charge in [-0.25, -0.2) is 4.39 Å². The van der Waals surface area contributed by atoms with Crippen molar-refractivity contribution in [3.05, 3.63) is 35.6 Å². The van der Waals surface area contributed by atoms with Gasteiger partial charge in [-0.3, -0.25) is 4.79 Å². The maximum atomic E-state index is 13.0. The standard InChI is InChI=1S/C16H22FNO3/c17-13-5-3-4-12(10-13)15(19)11-16(20)18-8-7-14-6-1-2-9-21-14/h3-5,10,14-15,19H,1-2,6-9,11H2,(H,18,20)/t14-,15+/m1/s1. The van der Waals surface area contributed by atoms with Gasteiger partial charge in [-0.05, 0) is 43.4 Å². The summed E-state index contributed by atoms with van der Waals surface area (Å²) < 4.78 is 18.6. The number of carbonyl (C=O) groups is 1. The first-order valence-corrected chi connectivity index (χ1v) is 7.47. The fourth-order valence-corrected chi connectivity index (χ4v) is 2.49. The number of benzene rings is 1. The van der Waals surface area contributed by atoms with Crippen molar-refractivity contribution in [2.24, 2.45) is 0 Å². The molecule has 1 saturated heterocycles. The van der Waals surface area contributed by atoms with E-state index < -0.39 is 11.9 Å². The van der Waals surface area contributed by atoms with Crippen LogP contribution in [0.1, 0.15) is 43.8 Å². The number of aliphatic hydroxyl groups is 1. The maximum absolute atomic E-state index is 13.0. The van der Waals surface area contributed by atoms with Crippen LogP contribution in [0.25, 0.3) is 0 Å². The van der Waals surface area contributed by atoms with Crippen molar-refractivity contribution in [3.63, 3.8) is 0 Å². The summed E-state index contributed by atoms with van der Waals surface area (Å²) in [6.45, 7) is 1.34.